The van der Waals surface area contributed by atoms with Crippen LogP contribution in [0.4, 0.5) is 0 Å². The van der Waals surface area contributed by atoms with Gasteiger partial charge in [0.2, 0.25) is 0 Å². The number of rotatable bonds is 3. The summed E-state index contributed by atoms with van der Waals surface area (Å²) in [7, 11) is 2.12. The van der Waals surface area contributed by atoms with Crippen LogP contribution in [0.3, 0.4) is 0 Å². The van der Waals surface area contributed by atoms with Gasteiger partial charge in [-0.05, 0) is 54.2 Å². The molecular weight excluding hydrogens is 254 g/mol. The molecule has 1 aromatic carbocycles. The van der Waals surface area contributed by atoms with E-state index in [9.17, 15) is 0 Å². The van der Waals surface area contributed by atoms with Crippen molar-refractivity contribution in [1.29, 1.82) is 0 Å². The molecule has 4 atom stereocenters. The van der Waals surface area contributed by atoms with Gasteiger partial charge in [-0.1, -0.05) is 65.3 Å². The molecule has 21 heavy (non-hydrogen) atoms. The third-order valence-corrected chi connectivity index (χ3v) is 5.56. The molecule has 118 valence electrons. The van der Waals surface area contributed by atoms with Crippen LogP contribution in [0.15, 0.2) is 24.3 Å². The van der Waals surface area contributed by atoms with Crippen molar-refractivity contribution in [3.63, 3.8) is 0 Å². The van der Waals surface area contributed by atoms with Crippen LogP contribution in [-0.2, 0) is 5.41 Å². The molecule has 1 aliphatic carbocycles. The first-order chi connectivity index (χ1) is 9.82. The molecule has 1 nitrogen and oxygen atoms in total. The number of hydrogen-bond acceptors (Lipinski definition) is 1. The summed E-state index contributed by atoms with van der Waals surface area (Å²) in [6.07, 6.45) is 4.09. The van der Waals surface area contributed by atoms with Crippen molar-refractivity contribution in [2.45, 2.75) is 65.3 Å². The fraction of sp³-hybridized carbons (Fsp3) is 0.700. The predicted molar refractivity (Wildman–Crippen MR) is 92.6 cm³/mol. The van der Waals surface area contributed by atoms with Gasteiger partial charge in [-0.3, -0.25) is 0 Å². The summed E-state index contributed by atoms with van der Waals surface area (Å²) in [5.74, 6) is 2.53. The number of hydrogen-bond donors (Lipinski definition) is 1. The summed E-state index contributed by atoms with van der Waals surface area (Å²) in [6.45, 7) is 11.7. The average molecular weight is 287 g/mol. The predicted octanol–water partition coefficient (Wildman–Crippen LogP) is 5.32. The fourth-order valence-electron chi connectivity index (χ4n) is 3.76. The molecule has 0 bridgehead atoms. The van der Waals surface area contributed by atoms with Crippen LogP contribution in [0, 0.1) is 17.8 Å². The van der Waals surface area contributed by atoms with Crippen molar-refractivity contribution in [2.24, 2.45) is 17.8 Å². The normalized spacial score (nSPS) is 28.4. The Balaban J connectivity index is 2.14. The Labute approximate surface area is 131 Å². The minimum atomic E-state index is 0.239. The lowest BCUT2D eigenvalue weighted by molar-refractivity contribution is 0.174. The third kappa shape index (κ3) is 3.88. The number of nitrogens with one attached hydrogen (secondary N) is 1. The van der Waals surface area contributed by atoms with Crippen LogP contribution in [0.2, 0.25) is 0 Å². The van der Waals surface area contributed by atoms with Crippen LogP contribution < -0.4 is 5.32 Å². The van der Waals surface area contributed by atoms with Gasteiger partial charge in [0.25, 0.3) is 0 Å². The fourth-order valence-corrected chi connectivity index (χ4v) is 3.76. The quantitative estimate of drug-likeness (QED) is 0.793. The standard InChI is InChI=1S/C20H33N/c1-14-7-8-17(13-15(14)2)19(21-6)16-9-11-18(12-10-16)20(3,4)5/h9-12,14-15,17,19,21H,7-8,13H2,1-6H3. The van der Waals surface area contributed by atoms with E-state index in [4.69, 9.17) is 0 Å². The number of benzene rings is 1. The molecule has 0 saturated heterocycles. The zero-order valence-corrected chi connectivity index (χ0v) is 14.7. The maximum atomic E-state index is 3.58. The van der Waals surface area contributed by atoms with Crippen LogP contribution in [0.5, 0.6) is 0 Å². The zero-order chi connectivity index (χ0) is 15.6. The van der Waals surface area contributed by atoms with Crippen molar-refractivity contribution < 1.29 is 0 Å². The van der Waals surface area contributed by atoms with Crippen molar-refractivity contribution in [3.8, 4) is 0 Å². The Morgan fingerprint density at radius 2 is 1.62 bits per heavy atom. The monoisotopic (exact) mass is 287 g/mol. The highest BCUT2D eigenvalue weighted by atomic mass is 14.9. The summed E-state index contributed by atoms with van der Waals surface area (Å²) >= 11 is 0. The molecule has 1 saturated carbocycles. The molecular formula is C20H33N. The van der Waals surface area contributed by atoms with Crippen molar-refractivity contribution in [1.82, 2.24) is 5.32 Å². The second-order valence-electron chi connectivity index (χ2n) is 8.17. The molecule has 1 aliphatic rings. The Morgan fingerprint density at radius 3 is 2.10 bits per heavy atom. The van der Waals surface area contributed by atoms with Crippen LogP contribution >= 0.6 is 0 Å². The van der Waals surface area contributed by atoms with Crippen molar-refractivity contribution in [2.75, 3.05) is 7.05 Å². The molecule has 1 fully saturated rings. The zero-order valence-electron chi connectivity index (χ0n) is 14.7. The molecule has 0 amide bonds. The molecule has 2 rings (SSSR count). The van der Waals surface area contributed by atoms with Crippen LogP contribution in [0.1, 0.15) is 71.0 Å². The highest BCUT2D eigenvalue weighted by Crippen LogP contribution is 2.40. The minimum Gasteiger partial charge on any atom is -0.313 e. The molecule has 0 aromatic heterocycles. The minimum absolute atomic E-state index is 0.239. The van der Waals surface area contributed by atoms with E-state index in [0.717, 1.165) is 17.8 Å². The van der Waals surface area contributed by atoms with E-state index >= 15 is 0 Å². The van der Waals surface area contributed by atoms with Gasteiger partial charge in [0.05, 0.1) is 0 Å². The topological polar surface area (TPSA) is 12.0 Å². The Kier molecular flexibility index (Phi) is 5.14. The summed E-state index contributed by atoms with van der Waals surface area (Å²) in [4.78, 5) is 0. The first-order valence-corrected chi connectivity index (χ1v) is 8.60. The van der Waals surface area contributed by atoms with E-state index in [2.05, 4.69) is 71.2 Å². The van der Waals surface area contributed by atoms with Gasteiger partial charge < -0.3 is 5.32 Å². The summed E-state index contributed by atoms with van der Waals surface area (Å²) < 4.78 is 0. The van der Waals surface area contributed by atoms with Gasteiger partial charge in [0, 0.05) is 6.04 Å². The SMILES string of the molecule is CNC(c1ccc(C(C)(C)C)cc1)C1CCC(C)C(C)C1. The Hall–Kier alpha value is -0.820. The smallest absolute Gasteiger partial charge is 0.0346 e. The van der Waals surface area contributed by atoms with Crippen molar-refractivity contribution in [3.05, 3.63) is 35.4 Å². The lowest BCUT2D eigenvalue weighted by Gasteiger charge is -2.37. The molecule has 1 N–H and O–H groups in total. The summed E-state index contributed by atoms with van der Waals surface area (Å²) in [5, 5.41) is 3.58. The van der Waals surface area contributed by atoms with E-state index in [1.165, 1.54) is 30.4 Å². The van der Waals surface area contributed by atoms with Crippen molar-refractivity contribution >= 4 is 0 Å². The first-order valence-electron chi connectivity index (χ1n) is 8.60. The van der Waals surface area contributed by atoms with E-state index in [1.54, 1.807) is 0 Å². The molecule has 1 aromatic rings. The maximum absolute atomic E-state index is 3.58. The molecule has 0 spiro atoms. The second-order valence-corrected chi connectivity index (χ2v) is 8.17. The Bertz CT molecular complexity index is 440. The molecule has 0 aliphatic heterocycles. The lowest BCUT2D eigenvalue weighted by atomic mass is 9.72. The highest BCUT2D eigenvalue weighted by Gasteiger charge is 2.30. The summed E-state index contributed by atoms with van der Waals surface area (Å²) in [5.41, 5.74) is 3.12. The average Bonchev–Trinajstić information content (AvgIpc) is 2.43. The molecule has 1 heteroatoms. The largest absolute Gasteiger partial charge is 0.313 e. The Morgan fingerprint density at radius 1 is 1.00 bits per heavy atom. The third-order valence-electron chi connectivity index (χ3n) is 5.56. The summed E-state index contributed by atoms with van der Waals surface area (Å²) in [6, 6.07) is 9.81. The van der Waals surface area contributed by atoms with E-state index in [0.29, 0.717) is 6.04 Å². The lowest BCUT2D eigenvalue weighted by Crippen LogP contribution is -2.31. The molecule has 4 unspecified atom stereocenters. The van der Waals surface area contributed by atoms with Gasteiger partial charge in [-0.15, -0.1) is 0 Å². The first kappa shape index (κ1) is 16.5. The molecule has 0 radical (unpaired) electrons. The van der Waals surface area contributed by atoms with Gasteiger partial charge in [0.15, 0.2) is 0 Å². The van der Waals surface area contributed by atoms with Crippen LogP contribution in [0.25, 0.3) is 0 Å². The van der Waals surface area contributed by atoms with Gasteiger partial charge >= 0.3 is 0 Å². The van der Waals surface area contributed by atoms with E-state index in [-0.39, 0.29) is 5.41 Å². The molecule has 0 heterocycles. The van der Waals surface area contributed by atoms with E-state index in [1.807, 2.05) is 0 Å². The maximum Gasteiger partial charge on any atom is 0.0346 e. The van der Waals surface area contributed by atoms with Gasteiger partial charge in [-0.2, -0.15) is 0 Å². The van der Waals surface area contributed by atoms with Gasteiger partial charge in [0.1, 0.15) is 0 Å². The van der Waals surface area contributed by atoms with Gasteiger partial charge in [-0.25, -0.2) is 0 Å². The second kappa shape index (κ2) is 6.52. The van der Waals surface area contributed by atoms with Crippen LogP contribution in [-0.4, -0.2) is 7.05 Å². The van der Waals surface area contributed by atoms with E-state index < -0.39 is 0 Å². The highest BCUT2D eigenvalue weighted by molar-refractivity contribution is 5.29.